The summed E-state index contributed by atoms with van der Waals surface area (Å²) in [5.41, 5.74) is 1.73. The first kappa shape index (κ1) is 17.9. The van der Waals surface area contributed by atoms with Crippen molar-refractivity contribution in [1.82, 2.24) is 19.2 Å². The van der Waals surface area contributed by atoms with Crippen molar-refractivity contribution in [1.29, 1.82) is 0 Å². The van der Waals surface area contributed by atoms with Gasteiger partial charge in [-0.15, -0.1) is 0 Å². The Labute approximate surface area is 163 Å². The molecular weight excluding hydrogens is 361 g/mol. The summed E-state index contributed by atoms with van der Waals surface area (Å²) < 4.78 is 18.3. The molecule has 0 radical (unpaired) electrons. The van der Waals surface area contributed by atoms with Crippen LogP contribution in [-0.4, -0.2) is 45.4 Å². The van der Waals surface area contributed by atoms with Crippen molar-refractivity contribution in [2.75, 3.05) is 31.1 Å². The molecule has 1 aliphatic rings. The third-order valence-electron chi connectivity index (χ3n) is 4.98. The quantitative estimate of drug-likeness (QED) is 0.645. The largest absolute Gasteiger partial charge is 0.369 e. The number of aromatic nitrogens is 3. The van der Waals surface area contributed by atoms with Crippen molar-refractivity contribution in [2.24, 2.45) is 7.05 Å². The van der Waals surface area contributed by atoms with E-state index in [2.05, 4.69) is 39.2 Å². The van der Waals surface area contributed by atoms with Crippen molar-refractivity contribution >= 4 is 17.9 Å². The summed E-state index contributed by atoms with van der Waals surface area (Å²) >= 11 is 5.53. The zero-order valence-electron chi connectivity index (χ0n) is 15.3. The van der Waals surface area contributed by atoms with Crippen molar-refractivity contribution in [3.05, 3.63) is 65.2 Å². The van der Waals surface area contributed by atoms with Crippen LogP contribution in [0.1, 0.15) is 0 Å². The van der Waals surface area contributed by atoms with Crippen molar-refractivity contribution in [2.45, 2.75) is 6.67 Å². The van der Waals surface area contributed by atoms with Gasteiger partial charge in [-0.25, -0.2) is 9.07 Å². The van der Waals surface area contributed by atoms with E-state index in [-0.39, 0.29) is 5.82 Å². The minimum Gasteiger partial charge on any atom is -0.369 e. The van der Waals surface area contributed by atoms with Gasteiger partial charge in [-0.05, 0) is 36.5 Å². The van der Waals surface area contributed by atoms with Crippen LogP contribution in [0.15, 0.2) is 54.6 Å². The predicted molar refractivity (Wildman–Crippen MR) is 108 cm³/mol. The molecule has 1 fully saturated rings. The van der Waals surface area contributed by atoms with E-state index in [1.54, 1.807) is 21.4 Å². The summed E-state index contributed by atoms with van der Waals surface area (Å²) in [7, 11) is 1.83. The molecule has 0 saturated carbocycles. The van der Waals surface area contributed by atoms with Crippen molar-refractivity contribution in [3.63, 3.8) is 0 Å². The van der Waals surface area contributed by atoms with E-state index in [0.717, 1.165) is 26.2 Å². The molecule has 7 heteroatoms. The van der Waals surface area contributed by atoms with E-state index in [1.165, 1.54) is 11.8 Å². The normalized spacial score (nSPS) is 15.3. The number of nitrogens with zero attached hydrogens (tertiary/aromatic N) is 5. The number of anilines is 1. The third-order valence-corrected chi connectivity index (χ3v) is 5.47. The molecule has 4 rings (SSSR count). The van der Waals surface area contributed by atoms with Crippen LogP contribution >= 0.6 is 12.2 Å². The van der Waals surface area contributed by atoms with E-state index in [9.17, 15) is 4.39 Å². The van der Waals surface area contributed by atoms with E-state index >= 15 is 0 Å². The summed E-state index contributed by atoms with van der Waals surface area (Å²) in [5.74, 6) is 0.269. The van der Waals surface area contributed by atoms with E-state index in [0.29, 0.717) is 22.8 Å². The molecule has 1 aliphatic heterocycles. The average molecular weight is 383 g/mol. The molecule has 0 N–H and O–H groups in total. The zero-order chi connectivity index (χ0) is 18.8. The van der Waals surface area contributed by atoms with Crippen LogP contribution in [0.25, 0.3) is 11.4 Å². The standard InChI is InChI=1S/C20H22FN5S/c1-23-19(17-9-5-6-10-18(17)21)22-26(20(23)27)15-24-11-13-25(14-12-24)16-7-3-2-4-8-16/h2-10H,11-15H2,1H3. The van der Waals surface area contributed by atoms with Gasteiger partial charge in [0.1, 0.15) is 5.82 Å². The Balaban J connectivity index is 1.47. The minimum atomic E-state index is -0.288. The highest BCUT2D eigenvalue weighted by Crippen LogP contribution is 2.21. The second-order valence-electron chi connectivity index (χ2n) is 6.73. The summed E-state index contributed by atoms with van der Waals surface area (Å²) in [6.45, 7) is 4.41. The topological polar surface area (TPSA) is 29.2 Å². The summed E-state index contributed by atoms with van der Waals surface area (Å²) in [6.07, 6.45) is 0. The van der Waals surface area contributed by atoms with Crippen LogP contribution in [0.5, 0.6) is 0 Å². The van der Waals surface area contributed by atoms with Gasteiger partial charge in [0.25, 0.3) is 0 Å². The smallest absolute Gasteiger partial charge is 0.199 e. The Hall–Kier alpha value is -2.51. The second-order valence-corrected chi connectivity index (χ2v) is 7.09. The summed E-state index contributed by atoms with van der Waals surface area (Å²) in [6, 6.07) is 17.1. The van der Waals surface area contributed by atoms with E-state index in [1.807, 2.05) is 19.2 Å². The Bertz CT molecular complexity index is 974. The van der Waals surface area contributed by atoms with Gasteiger partial charge < -0.3 is 9.47 Å². The fraction of sp³-hybridized carbons (Fsp3) is 0.300. The lowest BCUT2D eigenvalue weighted by Gasteiger charge is -2.35. The van der Waals surface area contributed by atoms with Crippen LogP contribution in [0.4, 0.5) is 10.1 Å². The summed E-state index contributed by atoms with van der Waals surface area (Å²) in [4.78, 5) is 4.71. The Morgan fingerprint density at radius 1 is 0.963 bits per heavy atom. The van der Waals surface area contributed by atoms with Gasteiger partial charge in [0.05, 0.1) is 12.2 Å². The molecule has 0 bridgehead atoms. The SMILES string of the molecule is Cn1c(-c2ccccc2F)nn(CN2CCN(c3ccccc3)CC2)c1=S. The van der Waals surface area contributed by atoms with E-state index < -0.39 is 0 Å². The molecule has 1 aromatic heterocycles. The maximum atomic E-state index is 14.1. The lowest BCUT2D eigenvalue weighted by molar-refractivity contribution is 0.194. The Morgan fingerprint density at radius 2 is 1.63 bits per heavy atom. The minimum absolute atomic E-state index is 0.288. The molecule has 1 saturated heterocycles. The Morgan fingerprint density at radius 3 is 2.33 bits per heavy atom. The molecule has 27 heavy (non-hydrogen) atoms. The first-order valence-electron chi connectivity index (χ1n) is 9.04. The maximum absolute atomic E-state index is 14.1. The van der Waals surface area contributed by atoms with Gasteiger partial charge in [0, 0.05) is 38.9 Å². The van der Waals surface area contributed by atoms with E-state index in [4.69, 9.17) is 12.2 Å². The first-order valence-corrected chi connectivity index (χ1v) is 9.45. The fourth-order valence-electron chi connectivity index (χ4n) is 3.43. The number of piperazine rings is 1. The third kappa shape index (κ3) is 3.65. The van der Waals surface area contributed by atoms with Gasteiger partial charge in [-0.1, -0.05) is 30.3 Å². The zero-order valence-corrected chi connectivity index (χ0v) is 16.1. The molecule has 0 unspecified atom stereocenters. The van der Waals surface area contributed by atoms with Crippen LogP contribution in [-0.2, 0) is 13.7 Å². The number of benzene rings is 2. The number of hydrogen-bond acceptors (Lipinski definition) is 4. The molecule has 0 amide bonds. The van der Waals surface area contributed by atoms with Crippen LogP contribution < -0.4 is 4.90 Å². The van der Waals surface area contributed by atoms with Crippen molar-refractivity contribution < 1.29 is 4.39 Å². The highest BCUT2D eigenvalue weighted by Gasteiger charge is 2.19. The maximum Gasteiger partial charge on any atom is 0.199 e. The lowest BCUT2D eigenvalue weighted by atomic mass is 10.2. The molecular formula is C20H22FN5S. The average Bonchev–Trinajstić information content (AvgIpc) is 2.98. The van der Waals surface area contributed by atoms with Crippen LogP contribution in [0.2, 0.25) is 0 Å². The van der Waals surface area contributed by atoms with Crippen molar-refractivity contribution in [3.8, 4) is 11.4 Å². The molecule has 140 valence electrons. The molecule has 2 aromatic carbocycles. The highest BCUT2D eigenvalue weighted by molar-refractivity contribution is 7.71. The first-order chi connectivity index (χ1) is 13.1. The number of para-hydroxylation sites is 1. The molecule has 5 nitrogen and oxygen atoms in total. The van der Waals surface area contributed by atoms with Gasteiger partial charge in [-0.3, -0.25) is 4.90 Å². The predicted octanol–water partition coefficient (Wildman–Crippen LogP) is 3.54. The lowest BCUT2D eigenvalue weighted by Crippen LogP contribution is -2.47. The van der Waals surface area contributed by atoms with Gasteiger partial charge in [-0.2, -0.15) is 5.10 Å². The second kappa shape index (κ2) is 7.62. The van der Waals surface area contributed by atoms with Gasteiger partial charge in [0.15, 0.2) is 10.6 Å². The number of halogens is 1. The molecule has 2 heterocycles. The molecule has 0 spiro atoms. The van der Waals surface area contributed by atoms with Gasteiger partial charge in [0.2, 0.25) is 0 Å². The monoisotopic (exact) mass is 383 g/mol. The van der Waals surface area contributed by atoms with Crippen LogP contribution in [0, 0.1) is 10.6 Å². The highest BCUT2D eigenvalue weighted by atomic mass is 32.1. The molecule has 0 aliphatic carbocycles. The number of hydrogen-bond donors (Lipinski definition) is 0. The van der Waals surface area contributed by atoms with Crippen LogP contribution in [0.3, 0.4) is 0 Å². The molecule has 3 aromatic rings. The summed E-state index contributed by atoms with van der Waals surface area (Å²) in [5, 5.41) is 4.59. The number of rotatable bonds is 4. The molecule has 0 atom stereocenters. The fourth-order valence-corrected chi connectivity index (χ4v) is 3.62. The Kier molecular flexibility index (Phi) is 5.05. The van der Waals surface area contributed by atoms with Gasteiger partial charge >= 0.3 is 0 Å².